The summed E-state index contributed by atoms with van der Waals surface area (Å²) in [5.74, 6) is 0.557. The number of hydrogen-bond donors (Lipinski definition) is 1. The minimum Gasteiger partial charge on any atom is -0.387 e. The van der Waals surface area contributed by atoms with Crippen LogP contribution in [0.5, 0.6) is 0 Å². The summed E-state index contributed by atoms with van der Waals surface area (Å²) in [6.45, 7) is 5.51. The van der Waals surface area contributed by atoms with Gasteiger partial charge < -0.3 is 14.6 Å². The van der Waals surface area contributed by atoms with Crippen molar-refractivity contribution in [3.63, 3.8) is 0 Å². The molecule has 0 amide bonds. The van der Waals surface area contributed by atoms with Gasteiger partial charge in [0.15, 0.2) is 6.29 Å². The number of aliphatic hydroxyl groups is 1. The molecule has 2 aromatic rings. The van der Waals surface area contributed by atoms with Crippen molar-refractivity contribution in [1.82, 2.24) is 0 Å². The highest BCUT2D eigenvalue weighted by Crippen LogP contribution is 2.25. The Balaban J connectivity index is 1.89. The summed E-state index contributed by atoms with van der Waals surface area (Å²) in [5, 5.41) is 13.0. The van der Waals surface area contributed by atoms with Crippen molar-refractivity contribution < 1.29 is 14.6 Å². The molecule has 0 saturated carbocycles. The third-order valence-electron chi connectivity index (χ3n) is 4.02. The first kappa shape index (κ1) is 20.2. The smallest absolute Gasteiger partial charge is 0.184 e. The minimum absolute atomic E-state index is 0.536. The van der Waals surface area contributed by atoms with Gasteiger partial charge in [-0.05, 0) is 35.7 Å². The zero-order chi connectivity index (χ0) is 17.9. The van der Waals surface area contributed by atoms with Gasteiger partial charge in [-0.1, -0.05) is 57.0 Å². The summed E-state index contributed by atoms with van der Waals surface area (Å²) < 4.78 is 11.5. The van der Waals surface area contributed by atoms with Gasteiger partial charge in [-0.25, -0.2) is 0 Å². The van der Waals surface area contributed by atoms with E-state index < -0.39 is 12.4 Å². The maximum atomic E-state index is 10.5. The number of unbranched alkanes of at least 4 members (excludes halogenated alkanes) is 2. The molecule has 4 heteroatoms. The predicted octanol–water partition coefficient (Wildman–Crippen LogP) is 5.25. The Morgan fingerprint density at radius 1 is 0.920 bits per heavy atom. The van der Waals surface area contributed by atoms with E-state index in [1.54, 1.807) is 11.8 Å². The lowest BCUT2D eigenvalue weighted by atomic mass is 10.1. The van der Waals surface area contributed by atoms with Crippen LogP contribution in [0, 0.1) is 0 Å². The summed E-state index contributed by atoms with van der Waals surface area (Å²) in [7, 11) is 0. The highest BCUT2D eigenvalue weighted by atomic mass is 32.2. The summed E-state index contributed by atoms with van der Waals surface area (Å²) in [6, 6.07) is 14.7. The molecule has 138 valence electrons. The van der Waals surface area contributed by atoms with Crippen molar-refractivity contribution >= 4 is 22.5 Å². The molecule has 0 aliphatic heterocycles. The van der Waals surface area contributed by atoms with Gasteiger partial charge in [0, 0.05) is 23.9 Å². The average molecular weight is 363 g/mol. The molecule has 0 saturated heterocycles. The van der Waals surface area contributed by atoms with Gasteiger partial charge in [0.2, 0.25) is 0 Å². The van der Waals surface area contributed by atoms with Crippen LogP contribution in [0.25, 0.3) is 10.8 Å². The number of aliphatic hydroxyl groups excluding tert-OH is 1. The lowest BCUT2D eigenvalue weighted by molar-refractivity contribution is -0.189. The fourth-order valence-corrected chi connectivity index (χ4v) is 3.37. The van der Waals surface area contributed by atoms with Gasteiger partial charge in [-0.3, -0.25) is 0 Å². The van der Waals surface area contributed by atoms with E-state index in [9.17, 15) is 5.11 Å². The first-order valence-corrected chi connectivity index (χ1v) is 10.3. The molecule has 1 atom stereocenters. The van der Waals surface area contributed by atoms with Crippen molar-refractivity contribution in [2.45, 2.75) is 56.8 Å². The Morgan fingerprint density at radius 3 is 2.20 bits per heavy atom. The maximum absolute atomic E-state index is 10.5. The van der Waals surface area contributed by atoms with Crippen LogP contribution in [-0.4, -0.2) is 36.5 Å². The SMILES string of the molecule is CCCCOC(OCCCC)C(O)CSc1ccc2ccccc2c1. The van der Waals surface area contributed by atoms with Crippen molar-refractivity contribution in [2.24, 2.45) is 0 Å². The average Bonchev–Trinajstić information content (AvgIpc) is 2.65. The molecular weight excluding hydrogens is 332 g/mol. The lowest BCUT2D eigenvalue weighted by Crippen LogP contribution is -2.34. The van der Waals surface area contributed by atoms with Crippen LogP contribution in [0.15, 0.2) is 47.4 Å². The Labute approximate surface area is 155 Å². The first-order chi connectivity index (χ1) is 12.2. The van der Waals surface area contributed by atoms with Crippen molar-refractivity contribution in [3.05, 3.63) is 42.5 Å². The Bertz CT molecular complexity index is 607. The van der Waals surface area contributed by atoms with E-state index in [-0.39, 0.29) is 0 Å². The quantitative estimate of drug-likeness (QED) is 0.318. The molecule has 3 nitrogen and oxygen atoms in total. The van der Waals surface area contributed by atoms with Crippen molar-refractivity contribution in [1.29, 1.82) is 0 Å². The normalized spacial score (nSPS) is 12.8. The van der Waals surface area contributed by atoms with Gasteiger partial charge >= 0.3 is 0 Å². The number of benzene rings is 2. The molecule has 0 aliphatic carbocycles. The summed E-state index contributed by atoms with van der Waals surface area (Å²) in [6.07, 6.45) is 2.94. The molecule has 0 aromatic heterocycles. The summed E-state index contributed by atoms with van der Waals surface area (Å²) in [4.78, 5) is 1.15. The van der Waals surface area contributed by atoms with E-state index >= 15 is 0 Å². The fourth-order valence-electron chi connectivity index (χ4n) is 2.48. The van der Waals surface area contributed by atoms with Crippen molar-refractivity contribution in [2.75, 3.05) is 19.0 Å². The van der Waals surface area contributed by atoms with E-state index in [2.05, 4.69) is 44.2 Å². The Kier molecular flexibility index (Phi) is 9.33. The van der Waals surface area contributed by atoms with E-state index in [1.165, 1.54) is 10.8 Å². The molecule has 1 N–H and O–H groups in total. The van der Waals surface area contributed by atoms with E-state index in [1.807, 2.05) is 12.1 Å². The molecule has 0 spiro atoms. The molecule has 25 heavy (non-hydrogen) atoms. The predicted molar refractivity (Wildman–Crippen MR) is 106 cm³/mol. The number of ether oxygens (including phenoxy) is 2. The van der Waals surface area contributed by atoms with Crippen LogP contribution >= 0.6 is 11.8 Å². The molecule has 2 rings (SSSR count). The van der Waals surface area contributed by atoms with Crippen LogP contribution in [0.3, 0.4) is 0 Å². The molecular formula is C21H30O3S. The second kappa shape index (κ2) is 11.5. The second-order valence-electron chi connectivity index (χ2n) is 6.20. The van der Waals surface area contributed by atoms with E-state index in [0.717, 1.165) is 30.6 Å². The third-order valence-corrected chi connectivity index (χ3v) is 5.11. The molecule has 1 unspecified atom stereocenters. The topological polar surface area (TPSA) is 38.7 Å². The van der Waals surface area contributed by atoms with Crippen LogP contribution < -0.4 is 0 Å². The standard InChI is InChI=1S/C21H30O3S/c1-3-5-13-23-21(24-14-6-4-2)20(22)16-25-19-12-11-17-9-7-8-10-18(17)15-19/h7-12,15,20-22H,3-6,13-14,16H2,1-2H3. The molecule has 0 bridgehead atoms. The first-order valence-electron chi connectivity index (χ1n) is 9.27. The van der Waals surface area contributed by atoms with E-state index in [0.29, 0.717) is 19.0 Å². The van der Waals surface area contributed by atoms with Crippen molar-refractivity contribution in [3.8, 4) is 0 Å². The Morgan fingerprint density at radius 2 is 1.56 bits per heavy atom. The van der Waals surface area contributed by atoms with Crippen LogP contribution in [-0.2, 0) is 9.47 Å². The molecule has 0 fully saturated rings. The zero-order valence-electron chi connectivity index (χ0n) is 15.3. The number of rotatable bonds is 12. The number of thioether (sulfide) groups is 1. The highest BCUT2D eigenvalue weighted by Gasteiger charge is 2.20. The number of fused-ring (bicyclic) bond motifs is 1. The van der Waals surface area contributed by atoms with Gasteiger partial charge in [0.1, 0.15) is 6.10 Å². The number of hydrogen-bond acceptors (Lipinski definition) is 4. The summed E-state index contributed by atoms with van der Waals surface area (Å²) in [5.41, 5.74) is 0. The monoisotopic (exact) mass is 362 g/mol. The molecule has 0 aliphatic rings. The maximum Gasteiger partial charge on any atom is 0.184 e. The summed E-state index contributed by atoms with van der Waals surface area (Å²) >= 11 is 1.64. The zero-order valence-corrected chi connectivity index (χ0v) is 16.1. The minimum atomic E-state index is -0.634. The Hall–Kier alpha value is -1.07. The third kappa shape index (κ3) is 6.98. The van der Waals surface area contributed by atoms with Gasteiger partial charge in [0.05, 0.1) is 0 Å². The lowest BCUT2D eigenvalue weighted by Gasteiger charge is -2.23. The largest absolute Gasteiger partial charge is 0.387 e. The van der Waals surface area contributed by atoms with Gasteiger partial charge in [-0.15, -0.1) is 11.8 Å². The second-order valence-corrected chi connectivity index (χ2v) is 7.30. The van der Waals surface area contributed by atoms with Crippen LogP contribution in [0.4, 0.5) is 0 Å². The van der Waals surface area contributed by atoms with Gasteiger partial charge in [-0.2, -0.15) is 0 Å². The fraction of sp³-hybridized carbons (Fsp3) is 0.524. The molecule has 0 heterocycles. The molecule has 0 radical (unpaired) electrons. The highest BCUT2D eigenvalue weighted by molar-refractivity contribution is 7.99. The molecule has 2 aromatic carbocycles. The van der Waals surface area contributed by atoms with Crippen LogP contribution in [0.1, 0.15) is 39.5 Å². The van der Waals surface area contributed by atoms with Gasteiger partial charge in [0.25, 0.3) is 0 Å². The van der Waals surface area contributed by atoms with Crippen LogP contribution in [0.2, 0.25) is 0 Å². The van der Waals surface area contributed by atoms with E-state index in [4.69, 9.17) is 9.47 Å².